The minimum Gasteiger partial charge on any atom is -0.493 e. The predicted molar refractivity (Wildman–Crippen MR) is 134 cm³/mol. The number of methoxy groups -OCH3 is 1. The molecule has 0 aliphatic carbocycles. The van der Waals surface area contributed by atoms with Crippen molar-refractivity contribution in [1.29, 1.82) is 0 Å². The number of aliphatic imine (C=N–C) groups is 1. The molecule has 0 aromatic heterocycles. The molecule has 1 N–H and O–H groups in total. The number of halogens is 1. The number of benzene rings is 2. The highest BCUT2D eigenvalue weighted by atomic mass is 127. The van der Waals surface area contributed by atoms with Gasteiger partial charge in [0.25, 0.3) is 5.91 Å². The van der Waals surface area contributed by atoms with Gasteiger partial charge in [0, 0.05) is 0 Å². The van der Waals surface area contributed by atoms with Crippen molar-refractivity contribution in [3.05, 3.63) is 56.0 Å². The van der Waals surface area contributed by atoms with Gasteiger partial charge in [-0.15, -0.1) is 0 Å². The molecule has 0 atom stereocenters. The van der Waals surface area contributed by atoms with Crippen LogP contribution in [0, 0.1) is 3.57 Å². The van der Waals surface area contributed by atoms with E-state index >= 15 is 0 Å². The maximum Gasteiger partial charge on any atom is 0.344 e. The molecule has 0 saturated carbocycles. The molecule has 1 aliphatic heterocycles. The molecule has 9 heteroatoms. The molecular formula is C23H23IN2O5S. The number of hydrogen-bond donors (Lipinski definition) is 1. The summed E-state index contributed by atoms with van der Waals surface area (Å²) in [7, 11) is 1.52. The molecule has 7 nitrogen and oxygen atoms in total. The van der Waals surface area contributed by atoms with Gasteiger partial charge in [-0.25, -0.2) is 9.79 Å². The molecule has 1 aliphatic rings. The Hall–Kier alpha value is -2.53. The third-order valence-corrected chi connectivity index (χ3v) is 6.13. The molecule has 0 unspecified atom stereocenters. The summed E-state index contributed by atoms with van der Waals surface area (Å²) in [6, 6.07) is 11.5. The highest BCUT2D eigenvalue weighted by Gasteiger charge is 2.24. The van der Waals surface area contributed by atoms with E-state index in [9.17, 15) is 9.59 Å². The second-order valence-corrected chi connectivity index (χ2v) is 8.82. The summed E-state index contributed by atoms with van der Waals surface area (Å²) in [5.41, 5.74) is 2.78. The number of aryl methyl sites for hydroxylation is 1. The third kappa shape index (κ3) is 6.26. The first-order valence-corrected chi connectivity index (χ1v) is 11.9. The Morgan fingerprint density at radius 3 is 2.62 bits per heavy atom. The monoisotopic (exact) mass is 566 g/mol. The Balaban J connectivity index is 1.78. The molecule has 2 aromatic rings. The third-order valence-electron chi connectivity index (χ3n) is 4.42. The number of esters is 1. The number of ether oxygens (including phenoxy) is 3. The smallest absolute Gasteiger partial charge is 0.344 e. The Morgan fingerprint density at radius 1 is 1.22 bits per heavy atom. The summed E-state index contributed by atoms with van der Waals surface area (Å²) < 4.78 is 16.6. The number of amides is 1. The average molecular weight is 566 g/mol. The maximum atomic E-state index is 12.4. The normalized spacial score (nSPS) is 15.7. The first-order valence-electron chi connectivity index (χ1n) is 9.98. The first-order chi connectivity index (χ1) is 15.4. The first kappa shape index (κ1) is 24.1. The van der Waals surface area contributed by atoms with Crippen molar-refractivity contribution in [1.82, 2.24) is 5.32 Å². The van der Waals surface area contributed by atoms with Gasteiger partial charge in [0.1, 0.15) is 0 Å². The Bertz CT molecular complexity index is 1070. The van der Waals surface area contributed by atoms with Gasteiger partial charge in [0.15, 0.2) is 23.3 Å². The van der Waals surface area contributed by atoms with Crippen LogP contribution in [0.1, 0.15) is 25.0 Å². The van der Waals surface area contributed by atoms with E-state index in [-0.39, 0.29) is 19.1 Å². The van der Waals surface area contributed by atoms with Crippen LogP contribution in [0.25, 0.3) is 6.08 Å². The van der Waals surface area contributed by atoms with Gasteiger partial charge in [-0.1, -0.05) is 19.1 Å². The van der Waals surface area contributed by atoms with Gasteiger partial charge in [-0.3, -0.25) is 4.79 Å². The lowest BCUT2D eigenvalue weighted by Crippen LogP contribution is -2.19. The molecule has 3 rings (SSSR count). The highest BCUT2D eigenvalue weighted by Crippen LogP contribution is 2.36. The van der Waals surface area contributed by atoms with Gasteiger partial charge in [-0.2, -0.15) is 0 Å². The predicted octanol–water partition coefficient (Wildman–Crippen LogP) is 4.70. The molecule has 2 aromatic carbocycles. The zero-order valence-corrected chi connectivity index (χ0v) is 20.9. The van der Waals surface area contributed by atoms with Gasteiger partial charge in [0.2, 0.25) is 0 Å². The Labute approximate surface area is 204 Å². The van der Waals surface area contributed by atoms with Crippen LogP contribution in [0.2, 0.25) is 0 Å². The number of amidine groups is 1. The minimum absolute atomic E-state index is 0.210. The summed E-state index contributed by atoms with van der Waals surface area (Å²) in [4.78, 5) is 29.1. The molecule has 1 heterocycles. The molecule has 1 fully saturated rings. The summed E-state index contributed by atoms with van der Waals surface area (Å²) in [6.45, 7) is 3.91. The van der Waals surface area contributed by atoms with Crippen LogP contribution < -0.4 is 14.8 Å². The van der Waals surface area contributed by atoms with Crippen LogP contribution in [0.3, 0.4) is 0 Å². The lowest BCUT2D eigenvalue weighted by molar-refractivity contribution is -0.145. The molecular weight excluding hydrogens is 543 g/mol. The van der Waals surface area contributed by atoms with Gasteiger partial charge >= 0.3 is 5.97 Å². The van der Waals surface area contributed by atoms with Gasteiger partial charge in [0.05, 0.1) is 27.9 Å². The van der Waals surface area contributed by atoms with Crippen molar-refractivity contribution in [3.8, 4) is 11.5 Å². The molecule has 168 valence electrons. The molecule has 0 radical (unpaired) electrons. The molecule has 32 heavy (non-hydrogen) atoms. The summed E-state index contributed by atoms with van der Waals surface area (Å²) >= 11 is 3.38. The van der Waals surface area contributed by atoms with Gasteiger partial charge < -0.3 is 19.5 Å². The van der Waals surface area contributed by atoms with E-state index in [2.05, 4.69) is 39.8 Å². The van der Waals surface area contributed by atoms with Crippen LogP contribution in [-0.4, -0.2) is 37.4 Å². The van der Waals surface area contributed by atoms with Crippen LogP contribution in [0.15, 0.2) is 46.3 Å². The van der Waals surface area contributed by atoms with E-state index in [1.807, 2.05) is 30.3 Å². The number of nitrogens with zero attached hydrogens (tertiary/aromatic N) is 1. The summed E-state index contributed by atoms with van der Waals surface area (Å²) in [5.74, 6) is 0.244. The lowest BCUT2D eigenvalue weighted by atomic mass is 10.2. The van der Waals surface area contributed by atoms with Gasteiger partial charge in [-0.05, 0) is 89.2 Å². The number of nitrogens with one attached hydrogen (secondary N) is 1. The van der Waals surface area contributed by atoms with Crippen molar-refractivity contribution in [3.63, 3.8) is 0 Å². The van der Waals surface area contributed by atoms with Crippen molar-refractivity contribution < 1.29 is 23.8 Å². The fourth-order valence-electron chi connectivity index (χ4n) is 2.85. The maximum absolute atomic E-state index is 12.4. The van der Waals surface area contributed by atoms with E-state index < -0.39 is 5.97 Å². The Kier molecular flexibility index (Phi) is 8.57. The zero-order chi connectivity index (χ0) is 23.1. The summed E-state index contributed by atoms with van der Waals surface area (Å²) in [5, 5.41) is 3.33. The molecule has 0 spiro atoms. The van der Waals surface area contributed by atoms with Crippen molar-refractivity contribution in [2.45, 2.75) is 20.3 Å². The second kappa shape index (κ2) is 11.4. The molecule has 0 bridgehead atoms. The number of hydrogen-bond acceptors (Lipinski definition) is 7. The summed E-state index contributed by atoms with van der Waals surface area (Å²) in [6.07, 6.45) is 2.73. The van der Waals surface area contributed by atoms with E-state index in [4.69, 9.17) is 14.2 Å². The van der Waals surface area contributed by atoms with Crippen molar-refractivity contribution in [2.24, 2.45) is 4.99 Å². The number of thioether (sulfide) groups is 1. The number of carbonyl (C=O) groups excluding carboxylic acids is 2. The highest BCUT2D eigenvalue weighted by molar-refractivity contribution is 14.1. The van der Waals surface area contributed by atoms with E-state index in [1.54, 1.807) is 19.1 Å². The fourth-order valence-corrected chi connectivity index (χ4v) is 4.48. The van der Waals surface area contributed by atoms with Crippen LogP contribution >= 0.6 is 34.4 Å². The Morgan fingerprint density at radius 2 is 1.97 bits per heavy atom. The van der Waals surface area contributed by atoms with Crippen molar-refractivity contribution in [2.75, 3.05) is 20.3 Å². The second-order valence-electron chi connectivity index (χ2n) is 6.63. The zero-order valence-electron chi connectivity index (χ0n) is 17.9. The number of rotatable bonds is 8. The SMILES string of the molecule is CCOC(=O)COc1c(I)cc(/C=C2\SC(=Nc3ccc(CC)cc3)NC2=O)cc1OC. The van der Waals surface area contributed by atoms with E-state index in [1.165, 1.54) is 24.4 Å². The topological polar surface area (TPSA) is 86.2 Å². The minimum atomic E-state index is -0.452. The number of carbonyl (C=O) groups is 2. The standard InChI is InChI=1S/C23H23IN2O5S/c1-4-14-6-8-16(9-7-14)25-23-26-22(28)19(32-23)12-15-10-17(24)21(18(11-15)29-3)31-13-20(27)30-5-2/h6-12H,4-5,13H2,1-3H3,(H,25,26,28)/b19-12-. The molecule has 1 amide bonds. The lowest BCUT2D eigenvalue weighted by Gasteiger charge is -2.13. The van der Waals surface area contributed by atoms with Crippen LogP contribution in [0.4, 0.5) is 5.69 Å². The quantitative estimate of drug-likeness (QED) is 0.284. The fraction of sp³-hybridized carbons (Fsp3) is 0.261. The van der Waals surface area contributed by atoms with Crippen LogP contribution in [-0.2, 0) is 20.7 Å². The largest absolute Gasteiger partial charge is 0.493 e. The average Bonchev–Trinajstić information content (AvgIpc) is 3.11. The van der Waals surface area contributed by atoms with E-state index in [0.717, 1.165) is 21.2 Å². The molecule has 1 saturated heterocycles. The van der Waals surface area contributed by atoms with Crippen LogP contribution in [0.5, 0.6) is 11.5 Å². The van der Waals surface area contributed by atoms with Crippen molar-refractivity contribution >= 4 is 63.2 Å². The van der Waals surface area contributed by atoms with E-state index in [0.29, 0.717) is 21.6 Å².